The monoisotopic (exact) mass is 279 g/mol. The van der Waals surface area contributed by atoms with Gasteiger partial charge in [-0.15, -0.1) is 0 Å². The zero-order valence-corrected chi connectivity index (χ0v) is 13.8. The van der Waals surface area contributed by atoms with Crippen LogP contribution < -0.4 is 5.32 Å². The van der Waals surface area contributed by atoms with Gasteiger partial charge in [-0.05, 0) is 68.9 Å². The van der Waals surface area contributed by atoms with Crippen molar-refractivity contribution in [3.05, 3.63) is 34.9 Å². The van der Waals surface area contributed by atoms with Gasteiger partial charge in [0.1, 0.15) is 0 Å². The molecule has 1 aromatic rings. The molecular weight excluding hydrogens is 250 g/mol. The maximum absolute atomic E-state index is 3.63. The highest BCUT2D eigenvalue weighted by atomic mass is 32.2. The van der Waals surface area contributed by atoms with E-state index < -0.39 is 0 Å². The Morgan fingerprint density at radius 2 is 1.79 bits per heavy atom. The quantitative estimate of drug-likeness (QED) is 0.647. The van der Waals surface area contributed by atoms with E-state index in [0.717, 1.165) is 6.54 Å². The predicted octanol–water partition coefficient (Wildman–Crippen LogP) is 4.88. The number of hydrogen-bond acceptors (Lipinski definition) is 2. The molecule has 1 nitrogen and oxygen atoms in total. The van der Waals surface area contributed by atoms with Crippen molar-refractivity contribution in [2.75, 3.05) is 18.6 Å². The van der Waals surface area contributed by atoms with Crippen LogP contribution in [0.1, 0.15) is 55.3 Å². The summed E-state index contributed by atoms with van der Waals surface area (Å²) in [5.74, 6) is 1.31. The highest BCUT2D eigenvalue weighted by Gasteiger charge is 2.05. The molecule has 0 fully saturated rings. The van der Waals surface area contributed by atoms with Gasteiger partial charge >= 0.3 is 0 Å². The predicted molar refractivity (Wildman–Crippen MR) is 89.2 cm³/mol. The minimum atomic E-state index is 0.463. The SMILES string of the molecule is CSCCCCCCNC(C)c1ccc(C)c(C)c1. The summed E-state index contributed by atoms with van der Waals surface area (Å²) in [4.78, 5) is 0. The minimum absolute atomic E-state index is 0.463. The number of aryl methyl sites for hydroxylation is 2. The molecule has 1 N–H and O–H groups in total. The lowest BCUT2D eigenvalue weighted by Gasteiger charge is -2.15. The molecule has 0 bridgehead atoms. The van der Waals surface area contributed by atoms with Crippen LogP contribution in [0, 0.1) is 13.8 Å². The first-order valence-corrected chi connectivity index (χ1v) is 8.84. The summed E-state index contributed by atoms with van der Waals surface area (Å²) in [7, 11) is 0. The van der Waals surface area contributed by atoms with Crippen LogP contribution in [0.5, 0.6) is 0 Å². The van der Waals surface area contributed by atoms with E-state index in [1.54, 1.807) is 0 Å². The Bertz CT molecular complexity index is 362. The van der Waals surface area contributed by atoms with E-state index in [9.17, 15) is 0 Å². The van der Waals surface area contributed by atoms with Gasteiger partial charge in [0.15, 0.2) is 0 Å². The zero-order valence-electron chi connectivity index (χ0n) is 13.0. The maximum Gasteiger partial charge on any atom is 0.0291 e. The van der Waals surface area contributed by atoms with Crippen LogP contribution in [-0.2, 0) is 0 Å². The van der Waals surface area contributed by atoms with Gasteiger partial charge in [0.05, 0.1) is 0 Å². The highest BCUT2D eigenvalue weighted by molar-refractivity contribution is 7.98. The Morgan fingerprint density at radius 3 is 2.47 bits per heavy atom. The summed E-state index contributed by atoms with van der Waals surface area (Å²) in [6, 6.07) is 7.25. The van der Waals surface area contributed by atoms with Gasteiger partial charge in [0, 0.05) is 6.04 Å². The Labute approximate surface area is 123 Å². The Hall–Kier alpha value is -0.470. The van der Waals surface area contributed by atoms with E-state index in [4.69, 9.17) is 0 Å². The van der Waals surface area contributed by atoms with Crippen molar-refractivity contribution in [2.45, 2.75) is 52.5 Å². The molecule has 0 heterocycles. The molecule has 0 spiro atoms. The number of benzene rings is 1. The van der Waals surface area contributed by atoms with Crippen molar-refractivity contribution in [3.8, 4) is 0 Å². The first-order chi connectivity index (χ1) is 9.15. The Kier molecular flexibility index (Phi) is 8.24. The van der Waals surface area contributed by atoms with Crippen molar-refractivity contribution in [1.82, 2.24) is 5.32 Å². The summed E-state index contributed by atoms with van der Waals surface area (Å²) in [6.45, 7) is 7.76. The molecule has 0 saturated heterocycles. The largest absolute Gasteiger partial charge is 0.310 e. The Morgan fingerprint density at radius 1 is 1.05 bits per heavy atom. The maximum atomic E-state index is 3.63. The van der Waals surface area contributed by atoms with Gasteiger partial charge in [-0.1, -0.05) is 31.0 Å². The van der Waals surface area contributed by atoms with Crippen LogP contribution in [0.25, 0.3) is 0 Å². The van der Waals surface area contributed by atoms with E-state index in [0.29, 0.717) is 6.04 Å². The standard InChI is InChI=1S/C17H29NS/c1-14-9-10-17(13-15(14)2)16(3)18-11-7-5-6-8-12-19-4/h9-10,13,16,18H,5-8,11-12H2,1-4H3. The third-order valence-corrected chi connectivity index (χ3v) is 4.45. The van der Waals surface area contributed by atoms with Crippen LogP contribution >= 0.6 is 11.8 Å². The topological polar surface area (TPSA) is 12.0 Å². The number of thioether (sulfide) groups is 1. The van der Waals surface area contributed by atoms with Crippen molar-refractivity contribution >= 4 is 11.8 Å². The molecule has 1 rings (SSSR count). The molecular formula is C17H29NS. The second kappa shape index (κ2) is 9.44. The van der Waals surface area contributed by atoms with Crippen molar-refractivity contribution in [2.24, 2.45) is 0 Å². The number of rotatable bonds is 9. The van der Waals surface area contributed by atoms with Gasteiger partial charge in [-0.3, -0.25) is 0 Å². The lowest BCUT2D eigenvalue weighted by molar-refractivity contribution is 0.537. The summed E-state index contributed by atoms with van der Waals surface area (Å²) in [5.41, 5.74) is 4.18. The number of hydrogen-bond donors (Lipinski definition) is 1. The van der Waals surface area contributed by atoms with Gasteiger partial charge in [-0.25, -0.2) is 0 Å². The second-order valence-corrected chi connectivity index (χ2v) is 6.41. The fraction of sp³-hybridized carbons (Fsp3) is 0.647. The van der Waals surface area contributed by atoms with Crippen LogP contribution in [0.15, 0.2) is 18.2 Å². The summed E-state index contributed by atoms with van der Waals surface area (Å²) in [5, 5.41) is 3.63. The normalized spacial score (nSPS) is 12.6. The molecule has 0 saturated carbocycles. The average molecular weight is 279 g/mol. The third kappa shape index (κ3) is 6.49. The lowest BCUT2D eigenvalue weighted by atomic mass is 10.0. The van der Waals surface area contributed by atoms with Crippen LogP contribution in [0.2, 0.25) is 0 Å². The molecule has 0 aliphatic rings. The fourth-order valence-electron chi connectivity index (χ4n) is 2.20. The van der Waals surface area contributed by atoms with Gasteiger partial charge in [-0.2, -0.15) is 11.8 Å². The number of nitrogens with one attached hydrogen (secondary N) is 1. The molecule has 1 aromatic carbocycles. The van der Waals surface area contributed by atoms with Gasteiger partial charge in [0.2, 0.25) is 0 Å². The smallest absolute Gasteiger partial charge is 0.0291 e. The van der Waals surface area contributed by atoms with Crippen LogP contribution in [0.3, 0.4) is 0 Å². The highest BCUT2D eigenvalue weighted by Crippen LogP contribution is 2.16. The van der Waals surface area contributed by atoms with Gasteiger partial charge < -0.3 is 5.32 Å². The van der Waals surface area contributed by atoms with Crippen molar-refractivity contribution in [3.63, 3.8) is 0 Å². The zero-order chi connectivity index (χ0) is 14.1. The number of unbranched alkanes of at least 4 members (excludes halogenated alkanes) is 3. The average Bonchev–Trinajstić information content (AvgIpc) is 2.40. The van der Waals surface area contributed by atoms with E-state index in [-0.39, 0.29) is 0 Å². The summed E-state index contributed by atoms with van der Waals surface area (Å²) < 4.78 is 0. The van der Waals surface area contributed by atoms with Gasteiger partial charge in [0.25, 0.3) is 0 Å². The molecule has 2 heteroatoms. The Balaban J connectivity index is 2.20. The van der Waals surface area contributed by atoms with Crippen LogP contribution in [0.4, 0.5) is 0 Å². The van der Waals surface area contributed by atoms with Crippen LogP contribution in [-0.4, -0.2) is 18.6 Å². The molecule has 0 aliphatic heterocycles. The summed E-state index contributed by atoms with van der Waals surface area (Å²) in [6.07, 6.45) is 7.58. The lowest BCUT2D eigenvalue weighted by Crippen LogP contribution is -2.20. The van der Waals surface area contributed by atoms with E-state index in [1.165, 1.54) is 48.1 Å². The third-order valence-electron chi connectivity index (χ3n) is 3.76. The molecule has 0 amide bonds. The molecule has 0 radical (unpaired) electrons. The molecule has 1 atom stereocenters. The van der Waals surface area contributed by atoms with Crippen molar-refractivity contribution in [1.29, 1.82) is 0 Å². The van der Waals surface area contributed by atoms with Crippen molar-refractivity contribution < 1.29 is 0 Å². The fourth-order valence-corrected chi connectivity index (χ4v) is 2.69. The molecule has 0 aliphatic carbocycles. The second-order valence-electron chi connectivity index (χ2n) is 5.43. The first-order valence-electron chi connectivity index (χ1n) is 7.44. The van der Waals surface area contributed by atoms with E-state index in [1.807, 2.05) is 11.8 Å². The minimum Gasteiger partial charge on any atom is -0.310 e. The summed E-state index contributed by atoms with van der Waals surface area (Å²) >= 11 is 1.95. The molecule has 1 unspecified atom stereocenters. The van der Waals surface area contributed by atoms with E-state index >= 15 is 0 Å². The van der Waals surface area contributed by atoms with E-state index in [2.05, 4.69) is 50.5 Å². The molecule has 19 heavy (non-hydrogen) atoms. The first kappa shape index (κ1) is 16.6. The molecule has 0 aromatic heterocycles. The molecule has 108 valence electrons.